The normalized spacial score (nSPS) is 22.5. The van der Waals surface area contributed by atoms with Crippen molar-refractivity contribution in [2.24, 2.45) is 15.7 Å². The quantitative estimate of drug-likeness (QED) is 0.792. The van der Waals surface area contributed by atoms with E-state index in [9.17, 15) is 0 Å². The molecule has 4 N–H and O–H groups in total. The highest BCUT2D eigenvalue weighted by atomic mass is 15.4. The Labute approximate surface area is 125 Å². The van der Waals surface area contributed by atoms with Crippen LogP contribution in [-0.2, 0) is 6.42 Å². The molecule has 0 unspecified atom stereocenters. The molecule has 5 nitrogen and oxygen atoms in total. The molecule has 1 aliphatic carbocycles. The molecule has 0 radical (unpaired) electrons. The van der Waals surface area contributed by atoms with Gasteiger partial charge in [0.2, 0.25) is 0 Å². The number of nitrogens with zero attached hydrogens (tertiary/aromatic N) is 2. The summed E-state index contributed by atoms with van der Waals surface area (Å²) in [5, 5.41) is 6.50. The lowest BCUT2D eigenvalue weighted by atomic mass is 9.89. The molecule has 21 heavy (non-hydrogen) atoms. The molecule has 2 aliphatic rings. The summed E-state index contributed by atoms with van der Waals surface area (Å²) in [6.45, 7) is 0.739. The topological polar surface area (TPSA) is 74.8 Å². The first kappa shape index (κ1) is 13.9. The van der Waals surface area contributed by atoms with Gasteiger partial charge in [0.05, 0.1) is 0 Å². The van der Waals surface area contributed by atoms with Crippen LogP contribution >= 0.6 is 0 Å². The summed E-state index contributed by atoms with van der Waals surface area (Å²) in [6, 6.07) is 10.4. The number of guanidine groups is 2. The highest BCUT2D eigenvalue weighted by Gasteiger charge is 2.35. The van der Waals surface area contributed by atoms with Gasteiger partial charge in [-0.2, -0.15) is 0 Å². The molecule has 1 aromatic rings. The van der Waals surface area contributed by atoms with Crippen LogP contribution in [0.15, 0.2) is 40.3 Å². The van der Waals surface area contributed by atoms with Crippen LogP contribution in [0.1, 0.15) is 37.7 Å². The Kier molecular flexibility index (Phi) is 4.08. The zero-order valence-electron chi connectivity index (χ0n) is 12.3. The fourth-order valence-corrected chi connectivity index (χ4v) is 3.05. The first-order valence-electron chi connectivity index (χ1n) is 7.75. The highest BCUT2D eigenvalue weighted by Crippen LogP contribution is 2.30. The van der Waals surface area contributed by atoms with Crippen molar-refractivity contribution in [1.29, 1.82) is 0 Å². The fourth-order valence-electron chi connectivity index (χ4n) is 3.05. The monoisotopic (exact) mass is 285 g/mol. The minimum atomic E-state index is -0.223. The van der Waals surface area contributed by atoms with Gasteiger partial charge in [0.15, 0.2) is 11.9 Å². The number of nitrogens with two attached hydrogens (primary N) is 1. The molecular formula is C16H23N5. The number of hydrogen-bond acceptors (Lipinski definition) is 3. The van der Waals surface area contributed by atoms with Crippen LogP contribution < -0.4 is 16.4 Å². The Morgan fingerprint density at radius 1 is 1.14 bits per heavy atom. The number of hydrogen-bond donors (Lipinski definition) is 3. The van der Waals surface area contributed by atoms with Crippen LogP contribution in [0.4, 0.5) is 0 Å². The van der Waals surface area contributed by atoms with Crippen LogP contribution in [0, 0.1) is 0 Å². The fraction of sp³-hybridized carbons (Fsp3) is 0.500. The van der Waals surface area contributed by atoms with E-state index in [1.807, 2.05) is 6.07 Å². The summed E-state index contributed by atoms with van der Waals surface area (Å²) in [5.74, 6) is 1.24. The first-order valence-corrected chi connectivity index (χ1v) is 7.75. The van der Waals surface area contributed by atoms with Crippen LogP contribution in [0.3, 0.4) is 0 Å². The minimum absolute atomic E-state index is 0.223. The molecule has 1 saturated carbocycles. The van der Waals surface area contributed by atoms with E-state index >= 15 is 0 Å². The molecule has 1 aromatic carbocycles. The summed E-state index contributed by atoms with van der Waals surface area (Å²) in [5.41, 5.74) is 7.01. The maximum absolute atomic E-state index is 5.93. The van der Waals surface area contributed by atoms with E-state index in [0.29, 0.717) is 5.96 Å². The SMILES string of the molecule is NC1=NC2(CCCCC2)NC(=NCCc2ccccc2)N1. The molecule has 1 aliphatic heterocycles. The molecule has 0 bridgehead atoms. The van der Waals surface area contributed by atoms with Gasteiger partial charge in [-0.15, -0.1) is 0 Å². The van der Waals surface area contributed by atoms with Gasteiger partial charge >= 0.3 is 0 Å². The predicted octanol–water partition coefficient (Wildman–Crippen LogP) is 1.75. The Hall–Kier alpha value is -2.04. The summed E-state index contributed by atoms with van der Waals surface area (Å²) in [6.07, 6.45) is 6.67. The molecule has 1 spiro atoms. The molecule has 112 valence electrons. The van der Waals surface area contributed by atoms with Crippen molar-refractivity contribution in [3.05, 3.63) is 35.9 Å². The van der Waals surface area contributed by atoms with Gasteiger partial charge in [0, 0.05) is 6.54 Å². The van der Waals surface area contributed by atoms with Crippen LogP contribution in [0.25, 0.3) is 0 Å². The van der Waals surface area contributed by atoms with Gasteiger partial charge in [0.25, 0.3) is 0 Å². The minimum Gasteiger partial charge on any atom is -0.370 e. The van der Waals surface area contributed by atoms with E-state index in [4.69, 9.17) is 5.73 Å². The van der Waals surface area contributed by atoms with Gasteiger partial charge in [-0.1, -0.05) is 36.8 Å². The Bertz CT molecular complexity index is 529. The largest absolute Gasteiger partial charge is 0.370 e. The maximum atomic E-state index is 5.93. The van der Waals surface area contributed by atoms with Gasteiger partial charge in [-0.3, -0.25) is 10.3 Å². The molecule has 1 heterocycles. The van der Waals surface area contributed by atoms with Crippen molar-refractivity contribution in [3.63, 3.8) is 0 Å². The highest BCUT2D eigenvalue weighted by molar-refractivity contribution is 6.00. The van der Waals surface area contributed by atoms with Gasteiger partial charge < -0.3 is 11.1 Å². The zero-order chi connectivity index (χ0) is 14.5. The third kappa shape index (κ3) is 3.54. The Morgan fingerprint density at radius 3 is 2.67 bits per heavy atom. The Balaban J connectivity index is 1.63. The van der Waals surface area contributed by atoms with Crippen molar-refractivity contribution in [1.82, 2.24) is 10.6 Å². The molecule has 3 rings (SSSR count). The van der Waals surface area contributed by atoms with Crippen LogP contribution in [0.5, 0.6) is 0 Å². The maximum Gasteiger partial charge on any atom is 0.200 e. The third-order valence-electron chi connectivity index (χ3n) is 4.13. The molecule has 5 heteroatoms. The molecule has 0 atom stereocenters. The molecule has 1 fully saturated rings. The number of aliphatic imine (C=N–C) groups is 2. The van der Waals surface area contributed by atoms with Crippen molar-refractivity contribution < 1.29 is 0 Å². The lowest BCUT2D eigenvalue weighted by Crippen LogP contribution is -2.61. The second-order valence-electron chi connectivity index (χ2n) is 5.81. The zero-order valence-corrected chi connectivity index (χ0v) is 12.3. The van der Waals surface area contributed by atoms with Gasteiger partial charge in [-0.25, -0.2) is 4.99 Å². The summed E-state index contributed by atoms with van der Waals surface area (Å²) >= 11 is 0. The average molecular weight is 285 g/mol. The number of benzene rings is 1. The van der Waals surface area contributed by atoms with E-state index in [-0.39, 0.29) is 5.66 Å². The summed E-state index contributed by atoms with van der Waals surface area (Å²) in [7, 11) is 0. The third-order valence-corrected chi connectivity index (χ3v) is 4.13. The van der Waals surface area contributed by atoms with Gasteiger partial charge in [0.1, 0.15) is 5.66 Å². The lowest BCUT2D eigenvalue weighted by molar-refractivity contribution is 0.270. The van der Waals surface area contributed by atoms with Crippen molar-refractivity contribution in [3.8, 4) is 0 Å². The van der Waals surface area contributed by atoms with E-state index in [2.05, 4.69) is 44.9 Å². The lowest BCUT2D eigenvalue weighted by Gasteiger charge is -2.38. The van der Waals surface area contributed by atoms with Crippen molar-refractivity contribution >= 4 is 11.9 Å². The van der Waals surface area contributed by atoms with Crippen molar-refractivity contribution in [2.75, 3.05) is 6.54 Å². The smallest absolute Gasteiger partial charge is 0.200 e. The van der Waals surface area contributed by atoms with Crippen LogP contribution in [-0.4, -0.2) is 24.1 Å². The average Bonchev–Trinajstić information content (AvgIpc) is 2.48. The predicted molar refractivity (Wildman–Crippen MR) is 86.2 cm³/mol. The second kappa shape index (κ2) is 6.16. The molecule has 0 saturated heterocycles. The van der Waals surface area contributed by atoms with E-state index in [0.717, 1.165) is 31.8 Å². The standard InChI is InChI=1S/C16H23N5/c17-14-19-15(18-12-9-13-7-3-1-4-8-13)21-16(20-14)10-5-2-6-11-16/h1,3-4,7-8H,2,5-6,9-12H2,(H4,17,18,19,20,21). The number of rotatable bonds is 3. The Morgan fingerprint density at radius 2 is 1.90 bits per heavy atom. The number of nitrogens with one attached hydrogen (secondary N) is 2. The molecular weight excluding hydrogens is 262 g/mol. The first-order chi connectivity index (χ1) is 10.3. The van der Waals surface area contributed by atoms with Gasteiger partial charge in [-0.05, 0) is 37.7 Å². The van der Waals surface area contributed by atoms with E-state index < -0.39 is 0 Å². The summed E-state index contributed by atoms with van der Waals surface area (Å²) < 4.78 is 0. The van der Waals surface area contributed by atoms with Crippen LogP contribution in [0.2, 0.25) is 0 Å². The second-order valence-corrected chi connectivity index (χ2v) is 5.81. The molecule has 0 aromatic heterocycles. The summed E-state index contributed by atoms with van der Waals surface area (Å²) in [4.78, 5) is 9.19. The molecule has 0 amide bonds. The van der Waals surface area contributed by atoms with E-state index in [1.165, 1.54) is 24.8 Å². The van der Waals surface area contributed by atoms with E-state index in [1.54, 1.807) is 0 Å². The van der Waals surface area contributed by atoms with Crippen molar-refractivity contribution in [2.45, 2.75) is 44.2 Å².